The van der Waals surface area contributed by atoms with E-state index in [4.69, 9.17) is 16.0 Å². The molecule has 0 aliphatic rings. The smallest absolute Gasteiger partial charge is 0.278 e. The average molecular weight is 188 g/mol. The molecule has 0 bridgehead atoms. The number of oxime groups is 1. The number of furan rings is 1. The molecule has 12 heavy (non-hydrogen) atoms. The van der Waals surface area contributed by atoms with Gasteiger partial charge in [-0.2, -0.15) is 0 Å². The minimum atomic E-state index is -0.716. The normalized spacial score (nSPS) is 11.3. The van der Waals surface area contributed by atoms with Gasteiger partial charge in [-0.3, -0.25) is 4.79 Å². The molecule has 0 aliphatic carbocycles. The lowest BCUT2D eigenvalue weighted by molar-refractivity contribution is -0.106. The summed E-state index contributed by atoms with van der Waals surface area (Å²) >= 11 is 5.20. The van der Waals surface area contributed by atoms with Crippen LogP contribution >= 0.6 is 11.6 Å². The van der Waals surface area contributed by atoms with E-state index >= 15 is 0 Å². The molecule has 64 valence electrons. The second-order valence-corrected chi connectivity index (χ2v) is 2.22. The summed E-state index contributed by atoms with van der Waals surface area (Å²) in [6.07, 6.45) is 1.42. The zero-order chi connectivity index (χ0) is 8.97. The summed E-state index contributed by atoms with van der Waals surface area (Å²) in [5.41, 5.74) is -0.0378. The van der Waals surface area contributed by atoms with Crippen molar-refractivity contribution in [2.75, 3.05) is 7.11 Å². The maximum Gasteiger partial charge on any atom is 0.278 e. The number of rotatable bonds is 3. The molecule has 0 amide bonds. The lowest BCUT2D eigenvalue weighted by atomic mass is 10.3. The van der Waals surface area contributed by atoms with Gasteiger partial charge in [0.15, 0.2) is 5.76 Å². The van der Waals surface area contributed by atoms with E-state index < -0.39 is 5.24 Å². The topological polar surface area (TPSA) is 51.8 Å². The fourth-order valence-electron chi connectivity index (χ4n) is 0.682. The van der Waals surface area contributed by atoms with Crippen LogP contribution in [0.3, 0.4) is 0 Å². The van der Waals surface area contributed by atoms with Crippen LogP contribution in [0, 0.1) is 0 Å². The Kier molecular flexibility index (Phi) is 2.88. The van der Waals surface area contributed by atoms with Crippen molar-refractivity contribution >= 4 is 22.6 Å². The average Bonchev–Trinajstić information content (AvgIpc) is 2.51. The van der Waals surface area contributed by atoms with Crippen LogP contribution < -0.4 is 0 Å². The van der Waals surface area contributed by atoms with E-state index in [1.807, 2.05) is 0 Å². The maximum atomic E-state index is 10.7. The molecule has 0 atom stereocenters. The standard InChI is InChI=1S/C7H6ClNO3/c1-11-9-6(7(8)10)5-3-2-4-12-5/h2-4H,1H3/b9-6-. The number of carbonyl (C=O) groups is 1. The zero-order valence-electron chi connectivity index (χ0n) is 6.28. The van der Waals surface area contributed by atoms with Gasteiger partial charge in [0.25, 0.3) is 5.24 Å². The van der Waals surface area contributed by atoms with Crippen LogP contribution in [0.1, 0.15) is 5.76 Å². The Hall–Kier alpha value is -1.29. The number of halogens is 1. The Morgan fingerprint density at radius 3 is 2.92 bits per heavy atom. The quantitative estimate of drug-likeness (QED) is 0.408. The molecule has 1 rings (SSSR count). The van der Waals surface area contributed by atoms with Crippen molar-refractivity contribution in [1.29, 1.82) is 0 Å². The van der Waals surface area contributed by atoms with Gasteiger partial charge in [-0.05, 0) is 23.7 Å². The van der Waals surface area contributed by atoms with Crippen molar-refractivity contribution in [2.24, 2.45) is 5.16 Å². The first-order valence-corrected chi connectivity index (χ1v) is 3.48. The Morgan fingerprint density at radius 2 is 2.50 bits per heavy atom. The van der Waals surface area contributed by atoms with Gasteiger partial charge in [0, 0.05) is 0 Å². The third kappa shape index (κ3) is 1.85. The molecule has 0 fully saturated rings. The van der Waals surface area contributed by atoms with Crippen molar-refractivity contribution in [2.45, 2.75) is 0 Å². The molecule has 5 heteroatoms. The van der Waals surface area contributed by atoms with Gasteiger partial charge < -0.3 is 9.25 Å². The first-order valence-electron chi connectivity index (χ1n) is 3.10. The van der Waals surface area contributed by atoms with Crippen LogP contribution in [-0.2, 0) is 9.63 Å². The molecule has 0 saturated heterocycles. The van der Waals surface area contributed by atoms with Crippen LogP contribution in [0.2, 0.25) is 0 Å². The monoisotopic (exact) mass is 187 g/mol. The van der Waals surface area contributed by atoms with Crippen molar-refractivity contribution in [1.82, 2.24) is 0 Å². The second kappa shape index (κ2) is 3.92. The number of nitrogens with zero attached hydrogens (tertiary/aromatic N) is 1. The molecule has 1 aromatic heterocycles. The summed E-state index contributed by atoms with van der Waals surface area (Å²) < 4.78 is 4.89. The highest BCUT2D eigenvalue weighted by molar-refractivity contribution is 6.83. The number of hydrogen-bond acceptors (Lipinski definition) is 4. The predicted molar refractivity (Wildman–Crippen MR) is 43.1 cm³/mol. The minimum Gasteiger partial charge on any atom is -0.462 e. The van der Waals surface area contributed by atoms with Crippen LogP contribution in [-0.4, -0.2) is 18.1 Å². The van der Waals surface area contributed by atoms with Crippen LogP contribution in [0.15, 0.2) is 28.0 Å². The first-order chi connectivity index (χ1) is 5.75. The van der Waals surface area contributed by atoms with E-state index in [1.165, 1.54) is 13.4 Å². The summed E-state index contributed by atoms with van der Waals surface area (Å²) in [7, 11) is 1.32. The molecule has 0 aliphatic heterocycles. The van der Waals surface area contributed by atoms with Crippen molar-refractivity contribution in [3.05, 3.63) is 24.2 Å². The number of carbonyl (C=O) groups excluding carboxylic acids is 1. The van der Waals surface area contributed by atoms with E-state index in [1.54, 1.807) is 12.1 Å². The van der Waals surface area contributed by atoms with Gasteiger partial charge in [-0.1, -0.05) is 5.16 Å². The Morgan fingerprint density at radius 1 is 1.75 bits per heavy atom. The van der Waals surface area contributed by atoms with Crippen LogP contribution in [0.5, 0.6) is 0 Å². The number of hydrogen-bond donors (Lipinski definition) is 0. The van der Waals surface area contributed by atoms with Crippen LogP contribution in [0.4, 0.5) is 0 Å². The van der Waals surface area contributed by atoms with Gasteiger partial charge >= 0.3 is 0 Å². The molecule has 0 radical (unpaired) electrons. The van der Waals surface area contributed by atoms with Crippen molar-refractivity contribution < 1.29 is 14.0 Å². The zero-order valence-corrected chi connectivity index (χ0v) is 7.04. The summed E-state index contributed by atoms with van der Waals surface area (Å²) in [6, 6.07) is 3.19. The molecule has 0 spiro atoms. The highest BCUT2D eigenvalue weighted by Gasteiger charge is 2.14. The molecule has 0 unspecified atom stereocenters. The minimum absolute atomic E-state index is 0.0378. The largest absolute Gasteiger partial charge is 0.462 e. The Labute approximate surface area is 73.7 Å². The third-order valence-electron chi connectivity index (χ3n) is 1.12. The molecule has 1 heterocycles. The predicted octanol–water partition coefficient (Wildman–Crippen LogP) is 1.40. The van der Waals surface area contributed by atoms with Crippen molar-refractivity contribution in [3.8, 4) is 0 Å². The molecule has 0 N–H and O–H groups in total. The summed E-state index contributed by atoms with van der Waals surface area (Å²) in [5.74, 6) is 0.289. The molecular formula is C7H6ClNO3. The highest BCUT2D eigenvalue weighted by Crippen LogP contribution is 2.05. The fourth-order valence-corrected chi connectivity index (χ4v) is 0.810. The van der Waals surface area contributed by atoms with E-state index in [0.717, 1.165) is 0 Å². The van der Waals surface area contributed by atoms with Gasteiger partial charge in [-0.15, -0.1) is 0 Å². The van der Waals surface area contributed by atoms with Gasteiger partial charge in [-0.25, -0.2) is 0 Å². The molecule has 1 aromatic rings. The summed E-state index contributed by atoms with van der Waals surface area (Å²) in [5, 5.41) is 2.69. The molecular weight excluding hydrogens is 182 g/mol. The highest BCUT2D eigenvalue weighted by atomic mass is 35.5. The summed E-state index contributed by atoms with van der Waals surface area (Å²) in [4.78, 5) is 15.1. The second-order valence-electron chi connectivity index (χ2n) is 1.87. The van der Waals surface area contributed by atoms with E-state index in [9.17, 15) is 4.79 Å². The first kappa shape index (κ1) is 8.80. The Balaban J connectivity index is 2.96. The molecule has 0 saturated carbocycles. The van der Waals surface area contributed by atoms with Crippen molar-refractivity contribution in [3.63, 3.8) is 0 Å². The van der Waals surface area contributed by atoms with E-state index in [2.05, 4.69) is 9.99 Å². The maximum absolute atomic E-state index is 10.7. The SMILES string of the molecule is CO/N=C(\C(=O)Cl)c1ccco1. The van der Waals surface area contributed by atoms with Gasteiger partial charge in [0.1, 0.15) is 7.11 Å². The molecule has 4 nitrogen and oxygen atoms in total. The lowest BCUT2D eigenvalue weighted by Crippen LogP contribution is -2.08. The van der Waals surface area contributed by atoms with Crippen LogP contribution in [0.25, 0.3) is 0 Å². The van der Waals surface area contributed by atoms with Gasteiger partial charge in [0.05, 0.1) is 6.26 Å². The van der Waals surface area contributed by atoms with Gasteiger partial charge in [0.2, 0.25) is 5.71 Å². The van der Waals surface area contributed by atoms with E-state index in [-0.39, 0.29) is 11.5 Å². The lowest BCUT2D eigenvalue weighted by Gasteiger charge is -1.93. The Bertz CT molecular complexity index is 292. The molecule has 0 aromatic carbocycles. The fraction of sp³-hybridized carbons (Fsp3) is 0.143. The summed E-state index contributed by atoms with van der Waals surface area (Å²) in [6.45, 7) is 0. The third-order valence-corrected chi connectivity index (χ3v) is 1.30. The van der Waals surface area contributed by atoms with E-state index in [0.29, 0.717) is 0 Å².